The largest absolute Gasteiger partial charge is 0.484 e. The molecule has 0 heterocycles. The molecule has 0 saturated carbocycles. The number of nitrogens with zero attached hydrogens (tertiary/aromatic N) is 2. The van der Waals surface area contributed by atoms with E-state index >= 15 is 0 Å². The van der Waals surface area contributed by atoms with Crippen LogP contribution in [0.25, 0.3) is 0 Å². The molecule has 1 amide bonds. The zero-order valence-corrected chi connectivity index (χ0v) is 15.0. The molecule has 2 aromatic rings. The number of nitrogens with one attached hydrogen (secondary N) is 1. The van der Waals surface area contributed by atoms with E-state index in [-0.39, 0.29) is 12.5 Å². The minimum Gasteiger partial charge on any atom is -0.484 e. The Balaban J connectivity index is 1.80. The van der Waals surface area contributed by atoms with Crippen LogP contribution in [0.5, 0.6) is 5.75 Å². The van der Waals surface area contributed by atoms with Crippen molar-refractivity contribution in [1.82, 2.24) is 5.43 Å². The first-order valence-corrected chi connectivity index (χ1v) is 8.48. The molecule has 0 aromatic heterocycles. The third kappa shape index (κ3) is 5.95. The van der Waals surface area contributed by atoms with Gasteiger partial charge in [0.2, 0.25) is 0 Å². The lowest BCUT2D eigenvalue weighted by Gasteiger charge is -2.20. The van der Waals surface area contributed by atoms with Crippen LogP contribution < -0.4 is 15.1 Å². The number of ether oxygens (including phenoxy) is 1. The Morgan fingerprint density at radius 2 is 1.88 bits per heavy atom. The lowest BCUT2D eigenvalue weighted by Crippen LogP contribution is -2.24. The van der Waals surface area contributed by atoms with Crippen LogP contribution in [0, 0.1) is 6.92 Å². The summed E-state index contributed by atoms with van der Waals surface area (Å²) in [5.41, 5.74) is 5.66. The second kappa shape index (κ2) is 9.47. The quantitative estimate of drug-likeness (QED) is 0.593. The van der Waals surface area contributed by atoms with Crippen molar-refractivity contribution < 1.29 is 9.53 Å². The van der Waals surface area contributed by atoms with Crippen LogP contribution in [0.15, 0.2) is 53.6 Å². The van der Waals surface area contributed by atoms with E-state index < -0.39 is 0 Å². The molecule has 0 fully saturated rings. The Kier molecular flexibility index (Phi) is 7.01. The molecule has 0 aliphatic carbocycles. The Morgan fingerprint density at radius 3 is 2.52 bits per heavy atom. The molecule has 0 saturated heterocycles. The molecule has 0 bridgehead atoms. The molecule has 5 nitrogen and oxygen atoms in total. The first-order chi connectivity index (χ1) is 12.1. The molecule has 2 rings (SSSR count). The van der Waals surface area contributed by atoms with Crippen molar-refractivity contribution in [2.24, 2.45) is 5.10 Å². The van der Waals surface area contributed by atoms with E-state index in [4.69, 9.17) is 4.74 Å². The van der Waals surface area contributed by atoms with Crippen LogP contribution in [0.4, 0.5) is 5.69 Å². The molecule has 0 spiro atoms. The summed E-state index contributed by atoms with van der Waals surface area (Å²) in [7, 11) is 0. The third-order valence-electron chi connectivity index (χ3n) is 3.78. The fourth-order valence-electron chi connectivity index (χ4n) is 2.43. The molecular weight excluding hydrogens is 314 g/mol. The monoisotopic (exact) mass is 339 g/mol. The standard InChI is InChI=1S/C20H25N3O2/c1-4-23(5-2)18-11-9-17(10-12-18)14-21-22-20(24)15-25-19-8-6-7-16(3)13-19/h6-14H,4-5,15H2,1-3H3,(H,22,24)/b21-14+. The van der Waals surface area contributed by atoms with Gasteiger partial charge in [-0.3, -0.25) is 4.79 Å². The topological polar surface area (TPSA) is 53.9 Å². The molecule has 0 unspecified atom stereocenters. The average Bonchev–Trinajstić information content (AvgIpc) is 2.62. The first-order valence-electron chi connectivity index (χ1n) is 8.48. The molecule has 0 aliphatic rings. The molecule has 25 heavy (non-hydrogen) atoms. The van der Waals surface area contributed by atoms with Crippen LogP contribution in [0.3, 0.4) is 0 Å². The lowest BCUT2D eigenvalue weighted by molar-refractivity contribution is -0.123. The van der Waals surface area contributed by atoms with Gasteiger partial charge >= 0.3 is 0 Å². The highest BCUT2D eigenvalue weighted by Crippen LogP contribution is 2.14. The minimum atomic E-state index is -0.294. The van der Waals surface area contributed by atoms with E-state index in [1.807, 2.05) is 43.3 Å². The van der Waals surface area contributed by atoms with Gasteiger partial charge in [-0.1, -0.05) is 24.3 Å². The number of rotatable bonds is 8. The Hall–Kier alpha value is -2.82. The van der Waals surface area contributed by atoms with E-state index in [2.05, 4.69) is 41.4 Å². The molecule has 1 N–H and O–H groups in total. The number of carbonyl (C=O) groups excluding carboxylic acids is 1. The molecule has 0 radical (unpaired) electrons. The minimum absolute atomic E-state index is 0.0678. The Morgan fingerprint density at radius 1 is 1.16 bits per heavy atom. The number of amides is 1. The van der Waals surface area contributed by atoms with Crippen molar-refractivity contribution in [3.63, 3.8) is 0 Å². The van der Waals surface area contributed by atoms with Gasteiger partial charge in [0.1, 0.15) is 5.75 Å². The van der Waals surface area contributed by atoms with Crippen molar-refractivity contribution in [1.29, 1.82) is 0 Å². The Labute approximate surface area is 149 Å². The molecule has 0 atom stereocenters. The van der Waals surface area contributed by atoms with Crippen molar-refractivity contribution >= 4 is 17.8 Å². The SMILES string of the molecule is CCN(CC)c1ccc(/C=N/NC(=O)COc2cccc(C)c2)cc1. The molecule has 0 aliphatic heterocycles. The maximum atomic E-state index is 11.8. The summed E-state index contributed by atoms with van der Waals surface area (Å²) in [4.78, 5) is 14.0. The van der Waals surface area contributed by atoms with Gasteiger partial charge in [-0.2, -0.15) is 5.10 Å². The molecule has 132 valence electrons. The molecular formula is C20H25N3O2. The normalized spacial score (nSPS) is 10.7. The van der Waals surface area contributed by atoms with Gasteiger partial charge in [0.05, 0.1) is 6.21 Å². The highest BCUT2D eigenvalue weighted by molar-refractivity contribution is 5.83. The van der Waals surface area contributed by atoms with Gasteiger partial charge in [-0.25, -0.2) is 5.43 Å². The third-order valence-corrected chi connectivity index (χ3v) is 3.78. The number of benzene rings is 2. The summed E-state index contributed by atoms with van der Waals surface area (Å²) in [6.07, 6.45) is 1.62. The summed E-state index contributed by atoms with van der Waals surface area (Å²) in [6, 6.07) is 15.6. The maximum absolute atomic E-state index is 11.8. The van der Waals surface area contributed by atoms with Crippen LogP contribution in [-0.2, 0) is 4.79 Å². The smallest absolute Gasteiger partial charge is 0.277 e. The van der Waals surface area contributed by atoms with Gasteiger partial charge in [0.25, 0.3) is 5.91 Å². The van der Waals surface area contributed by atoms with E-state index in [0.29, 0.717) is 5.75 Å². The zero-order chi connectivity index (χ0) is 18.1. The van der Waals surface area contributed by atoms with E-state index in [1.165, 1.54) is 5.69 Å². The fraction of sp³-hybridized carbons (Fsp3) is 0.300. The zero-order valence-electron chi connectivity index (χ0n) is 15.0. The molecule has 5 heteroatoms. The first kappa shape index (κ1) is 18.5. The van der Waals surface area contributed by atoms with Crippen LogP contribution in [0.2, 0.25) is 0 Å². The van der Waals surface area contributed by atoms with Crippen molar-refractivity contribution in [3.8, 4) is 5.75 Å². The predicted octanol–water partition coefficient (Wildman–Crippen LogP) is 3.37. The fourth-order valence-corrected chi connectivity index (χ4v) is 2.43. The highest BCUT2D eigenvalue weighted by atomic mass is 16.5. The summed E-state index contributed by atoms with van der Waals surface area (Å²) in [6.45, 7) is 8.12. The van der Waals surface area contributed by atoms with E-state index in [9.17, 15) is 4.79 Å². The summed E-state index contributed by atoms with van der Waals surface area (Å²) in [5, 5.41) is 3.97. The van der Waals surface area contributed by atoms with Gasteiger partial charge in [-0.05, 0) is 56.2 Å². The number of hydrogen-bond acceptors (Lipinski definition) is 4. The van der Waals surface area contributed by atoms with Gasteiger partial charge < -0.3 is 9.64 Å². The highest BCUT2D eigenvalue weighted by Gasteiger charge is 2.02. The predicted molar refractivity (Wildman–Crippen MR) is 102 cm³/mol. The van der Waals surface area contributed by atoms with Crippen molar-refractivity contribution in [3.05, 3.63) is 59.7 Å². The number of anilines is 1. The van der Waals surface area contributed by atoms with Gasteiger partial charge in [0, 0.05) is 18.8 Å². The number of carbonyl (C=O) groups is 1. The van der Waals surface area contributed by atoms with E-state index in [0.717, 1.165) is 24.2 Å². The van der Waals surface area contributed by atoms with E-state index in [1.54, 1.807) is 6.21 Å². The lowest BCUT2D eigenvalue weighted by atomic mass is 10.2. The summed E-state index contributed by atoms with van der Waals surface area (Å²) < 4.78 is 5.43. The van der Waals surface area contributed by atoms with Gasteiger partial charge in [-0.15, -0.1) is 0 Å². The number of hydrogen-bond donors (Lipinski definition) is 1. The number of aryl methyl sites for hydroxylation is 1. The van der Waals surface area contributed by atoms with Crippen LogP contribution in [-0.4, -0.2) is 31.8 Å². The van der Waals surface area contributed by atoms with Crippen LogP contribution >= 0.6 is 0 Å². The van der Waals surface area contributed by atoms with Crippen LogP contribution in [0.1, 0.15) is 25.0 Å². The molecule has 2 aromatic carbocycles. The van der Waals surface area contributed by atoms with Crippen molar-refractivity contribution in [2.45, 2.75) is 20.8 Å². The Bertz CT molecular complexity index is 707. The second-order valence-electron chi connectivity index (χ2n) is 5.66. The maximum Gasteiger partial charge on any atom is 0.277 e. The summed E-state index contributed by atoms with van der Waals surface area (Å²) in [5.74, 6) is 0.378. The number of hydrazone groups is 1. The van der Waals surface area contributed by atoms with Gasteiger partial charge in [0.15, 0.2) is 6.61 Å². The van der Waals surface area contributed by atoms with Crippen molar-refractivity contribution in [2.75, 3.05) is 24.6 Å². The second-order valence-corrected chi connectivity index (χ2v) is 5.66. The average molecular weight is 339 g/mol. The summed E-state index contributed by atoms with van der Waals surface area (Å²) >= 11 is 0.